The van der Waals surface area contributed by atoms with E-state index in [1.165, 1.54) is 29.2 Å². The highest BCUT2D eigenvalue weighted by atomic mass is 19.1. The molecule has 0 aliphatic heterocycles. The topological polar surface area (TPSA) is 96.7 Å². The maximum absolute atomic E-state index is 13.1. The SMILES string of the molecule is N#Cc1cc(NC(=O)Cn2cc(N)cn2)ccc1F. The van der Waals surface area contributed by atoms with Crippen LogP contribution in [0.4, 0.5) is 15.8 Å². The van der Waals surface area contributed by atoms with E-state index in [4.69, 9.17) is 11.0 Å². The summed E-state index contributed by atoms with van der Waals surface area (Å²) in [6, 6.07) is 5.48. The number of rotatable bonds is 3. The summed E-state index contributed by atoms with van der Waals surface area (Å²) in [6.07, 6.45) is 2.95. The molecule has 7 heteroatoms. The van der Waals surface area contributed by atoms with Gasteiger partial charge in [0.05, 0.1) is 17.4 Å². The number of carbonyl (C=O) groups is 1. The molecule has 0 fully saturated rings. The van der Waals surface area contributed by atoms with Crippen molar-refractivity contribution < 1.29 is 9.18 Å². The number of benzene rings is 1. The molecule has 3 N–H and O–H groups in total. The second-order valence-corrected chi connectivity index (χ2v) is 3.83. The minimum absolute atomic E-state index is 0.0174. The number of aromatic nitrogens is 2. The third-order valence-electron chi connectivity index (χ3n) is 2.33. The zero-order valence-corrected chi connectivity index (χ0v) is 9.80. The van der Waals surface area contributed by atoms with Gasteiger partial charge in [-0.1, -0.05) is 0 Å². The number of carbonyl (C=O) groups excluding carboxylic acids is 1. The molecule has 1 aromatic heterocycles. The van der Waals surface area contributed by atoms with Crippen LogP contribution in [0.2, 0.25) is 0 Å². The van der Waals surface area contributed by atoms with Gasteiger partial charge in [-0.05, 0) is 18.2 Å². The lowest BCUT2D eigenvalue weighted by molar-refractivity contribution is -0.116. The van der Waals surface area contributed by atoms with E-state index >= 15 is 0 Å². The molecule has 0 aliphatic carbocycles. The molecular formula is C12H10FN5O. The van der Waals surface area contributed by atoms with Crippen LogP contribution < -0.4 is 11.1 Å². The van der Waals surface area contributed by atoms with Crippen LogP contribution in [0, 0.1) is 17.1 Å². The second kappa shape index (κ2) is 5.18. The first kappa shape index (κ1) is 12.6. The van der Waals surface area contributed by atoms with Crippen molar-refractivity contribution in [1.29, 1.82) is 5.26 Å². The van der Waals surface area contributed by atoms with Crippen molar-refractivity contribution in [3.63, 3.8) is 0 Å². The van der Waals surface area contributed by atoms with Gasteiger partial charge in [0, 0.05) is 11.9 Å². The van der Waals surface area contributed by atoms with Crippen LogP contribution in [-0.4, -0.2) is 15.7 Å². The molecule has 0 saturated carbocycles. The van der Waals surface area contributed by atoms with Gasteiger partial charge < -0.3 is 11.1 Å². The van der Waals surface area contributed by atoms with Gasteiger partial charge in [0.25, 0.3) is 0 Å². The number of hydrogen-bond acceptors (Lipinski definition) is 4. The van der Waals surface area contributed by atoms with E-state index in [1.54, 1.807) is 6.07 Å². The Morgan fingerprint density at radius 1 is 1.58 bits per heavy atom. The molecule has 0 saturated heterocycles. The first-order valence-electron chi connectivity index (χ1n) is 5.36. The monoisotopic (exact) mass is 259 g/mol. The fourth-order valence-electron chi connectivity index (χ4n) is 1.50. The largest absolute Gasteiger partial charge is 0.396 e. The van der Waals surface area contributed by atoms with Gasteiger partial charge in [0.15, 0.2) is 0 Å². The third kappa shape index (κ3) is 3.07. The molecule has 1 aromatic carbocycles. The van der Waals surface area contributed by atoms with Gasteiger partial charge >= 0.3 is 0 Å². The van der Waals surface area contributed by atoms with Gasteiger partial charge in [-0.15, -0.1) is 0 Å². The van der Waals surface area contributed by atoms with Crippen molar-refractivity contribution in [2.75, 3.05) is 11.1 Å². The summed E-state index contributed by atoms with van der Waals surface area (Å²) >= 11 is 0. The standard InChI is InChI=1S/C12H10FN5O/c13-11-2-1-10(3-8(11)4-14)17-12(19)7-18-6-9(15)5-16-18/h1-3,5-6H,7,15H2,(H,17,19). The van der Waals surface area contributed by atoms with Crippen LogP contribution in [0.1, 0.15) is 5.56 Å². The van der Waals surface area contributed by atoms with Crippen molar-refractivity contribution in [2.24, 2.45) is 0 Å². The van der Waals surface area contributed by atoms with Crippen molar-refractivity contribution in [3.05, 3.63) is 42.0 Å². The number of anilines is 2. The third-order valence-corrected chi connectivity index (χ3v) is 2.33. The van der Waals surface area contributed by atoms with Crippen LogP contribution >= 0.6 is 0 Å². The lowest BCUT2D eigenvalue weighted by atomic mass is 10.2. The highest BCUT2D eigenvalue weighted by molar-refractivity contribution is 5.90. The van der Waals surface area contributed by atoms with Gasteiger partial charge in [-0.2, -0.15) is 10.4 Å². The van der Waals surface area contributed by atoms with Crippen LogP contribution in [0.3, 0.4) is 0 Å². The van der Waals surface area contributed by atoms with Crippen LogP contribution in [-0.2, 0) is 11.3 Å². The van der Waals surface area contributed by atoms with E-state index in [2.05, 4.69) is 10.4 Å². The summed E-state index contributed by atoms with van der Waals surface area (Å²) in [6.45, 7) is -0.0174. The quantitative estimate of drug-likeness (QED) is 0.862. The molecule has 19 heavy (non-hydrogen) atoms. The number of hydrogen-bond donors (Lipinski definition) is 2. The number of nitrogens with zero attached hydrogens (tertiary/aromatic N) is 3. The average Bonchev–Trinajstić information content (AvgIpc) is 2.77. The van der Waals surface area contributed by atoms with Crippen LogP contribution in [0.15, 0.2) is 30.6 Å². The first-order chi connectivity index (χ1) is 9.08. The summed E-state index contributed by atoms with van der Waals surface area (Å²) in [7, 11) is 0. The second-order valence-electron chi connectivity index (χ2n) is 3.83. The predicted octanol–water partition coefficient (Wildman–Crippen LogP) is 1.11. The van der Waals surface area contributed by atoms with E-state index in [9.17, 15) is 9.18 Å². The molecule has 0 unspecified atom stereocenters. The number of nitrogens with one attached hydrogen (secondary N) is 1. The number of nitrogen functional groups attached to an aromatic ring is 1. The summed E-state index contributed by atoms with van der Waals surface area (Å²) < 4.78 is 14.5. The van der Waals surface area contributed by atoms with Crippen LogP contribution in [0.25, 0.3) is 0 Å². The Labute approximate surface area is 108 Å². The molecule has 0 aliphatic rings. The number of nitrogens with two attached hydrogens (primary N) is 1. The molecule has 1 heterocycles. The zero-order chi connectivity index (χ0) is 13.8. The molecule has 0 radical (unpaired) electrons. The van der Waals surface area contributed by atoms with Crippen LogP contribution in [0.5, 0.6) is 0 Å². The lowest BCUT2D eigenvalue weighted by Gasteiger charge is -2.05. The maximum Gasteiger partial charge on any atom is 0.246 e. The highest BCUT2D eigenvalue weighted by Crippen LogP contribution is 2.13. The van der Waals surface area contributed by atoms with Gasteiger partial charge in [0.2, 0.25) is 5.91 Å². The van der Waals surface area contributed by atoms with Gasteiger partial charge in [-0.3, -0.25) is 9.48 Å². The Morgan fingerprint density at radius 2 is 2.37 bits per heavy atom. The van der Waals surface area contributed by atoms with E-state index in [1.807, 2.05) is 0 Å². The van der Waals surface area contributed by atoms with Crippen molar-refractivity contribution in [2.45, 2.75) is 6.54 Å². The van der Waals surface area contributed by atoms with E-state index in [0.29, 0.717) is 11.4 Å². The van der Waals surface area contributed by atoms with E-state index in [-0.39, 0.29) is 18.0 Å². The van der Waals surface area contributed by atoms with Crippen molar-refractivity contribution >= 4 is 17.3 Å². The van der Waals surface area contributed by atoms with Gasteiger partial charge in [-0.25, -0.2) is 4.39 Å². The lowest BCUT2D eigenvalue weighted by Crippen LogP contribution is -2.19. The number of halogens is 1. The first-order valence-corrected chi connectivity index (χ1v) is 5.36. The Bertz CT molecular complexity index is 658. The molecule has 6 nitrogen and oxygen atoms in total. The Kier molecular flexibility index (Phi) is 3.43. The highest BCUT2D eigenvalue weighted by Gasteiger charge is 2.07. The minimum Gasteiger partial charge on any atom is -0.396 e. The fraction of sp³-hybridized carbons (Fsp3) is 0.0833. The number of nitriles is 1. The molecule has 0 atom stereocenters. The smallest absolute Gasteiger partial charge is 0.246 e. The molecule has 96 valence electrons. The van der Waals surface area contributed by atoms with E-state index < -0.39 is 5.82 Å². The molecule has 0 spiro atoms. The molecule has 1 amide bonds. The molecule has 2 aromatic rings. The Hall–Kier alpha value is -2.88. The summed E-state index contributed by atoms with van der Waals surface area (Å²) in [4.78, 5) is 11.7. The fourth-order valence-corrected chi connectivity index (χ4v) is 1.50. The Morgan fingerprint density at radius 3 is 3.00 bits per heavy atom. The Balaban J connectivity index is 2.05. The molecule has 2 rings (SSSR count). The zero-order valence-electron chi connectivity index (χ0n) is 9.80. The minimum atomic E-state index is -0.625. The van der Waals surface area contributed by atoms with Crippen molar-refractivity contribution in [1.82, 2.24) is 9.78 Å². The van der Waals surface area contributed by atoms with Crippen molar-refractivity contribution in [3.8, 4) is 6.07 Å². The summed E-state index contributed by atoms with van der Waals surface area (Å²) in [5.41, 5.74) is 6.15. The average molecular weight is 259 g/mol. The molecule has 0 bridgehead atoms. The van der Waals surface area contributed by atoms with Gasteiger partial charge in [0.1, 0.15) is 18.4 Å². The number of amides is 1. The summed E-state index contributed by atoms with van der Waals surface area (Å²) in [5, 5.41) is 15.1. The van der Waals surface area contributed by atoms with E-state index in [0.717, 1.165) is 6.07 Å². The predicted molar refractivity (Wildman–Crippen MR) is 66.4 cm³/mol. The maximum atomic E-state index is 13.1. The normalized spacial score (nSPS) is 9.89. The summed E-state index contributed by atoms with van der Waals surface area (Å²) in [5.74, 6) is -0.973. The molecular weight excluding hydrogens is 249 g/mol.